The zero-order valence-corrected chi connectivity index (χ0v) is 17.2. The number of carbonyl (C=O) groups excluding carboxylic acids is 1. The molecule has 2 aromatic carbocycles. The van der Waals surface area contributed by atoms with Crippen molar-refractivity contribution in [3.63, 3.8) is 0 Å². The Labute approximate surface area is 174 Å². The molecule has 0 aliphatic rings. The molecule has 2 atom stereocenters. The van der Waals surface area contributed by atoms with Gasteiger partial charge >= 0.3 is 0 Å². The third kappa shape index (κ3) is 4.30. The number of hydrogen-bond donors (Lipinski definition) is 2. The van der Waals surface area contributed by atoms with Crippen LogP contribution >= 0.6 is 11.3 Å². The van der Waals surface area contributed by atoms with Gasteiger partial charge < -0.3 is 10.6 Å². The van der Waals surface area contributed by atoms with Crippen LogP contribution in [0.2, 0.25) is 0 Å². The first-order chi connectivity index (χ1) is 14.1. The monoisotopic (exact) mass is 401 g/mol. The number of nitrogens with zero attached hydrogens (tertiary/aromatic N) is 1. The van der Waals surface area contributed by atoms with Crippen molar-refractivity contribution >= 4 is 32.3 Å². The van der Waals surface area contributed by atoms with Gasteiger partial charge in [-0.25, -0.2) is 0 Å². The Bertz CT molecular complexity index is 1110. The van der Waals surface area contributed by atoms with Gasteiger partial charge in [0.1, 0.15) is 5.69 Å². The summed E-state index contributed by atoms with van der Waals surface area (Å²) in [5.74, 6) is -0.160. The minimum atomic E-state index is -0.160. The van der Waals surface area contributed by atoms with E-state index in [0.29, 0.717) is 5.69 Å². The van der Waals surface area contributed by atoms with E-state index in [1.807, 2.05) is 67.6 Å². The fourth-order valence-corrected chi connectivity index (χ4v) is 4.39. The molecule has 0 unspecified atom stereocenters. The Kier molecular flexibility index (Phi) is 5.58. The summed E-state index contributed by atoms with van der Waals surface area (Å²) in [6.07, 6.45) is 1.70. The standard InChI is InChI=1S/C24H23N3OS/c1-16(18-9-5-3-6-10-18)26-22-15-20-21(29-22)13-14-25-23(20)24(28)27-17(2)19-11-7-4-8-12-19/h3-17,26H,1-2H3,(H,27,28)/t16-,17-/m0/s1. The smallest absolute Gasteiger partial charge is 0.271 e. The average molecular weight is 402 g/mol. The van der Waals surface area contributed by atoms with Crippen LogP contribution in [-0.2, 0) is 0 Å². The lowest BCUT2D eigenvalue weighted by Crippen LogP contribution is -2.27. The Hall–Kier alpha value is -3.18. The number of aromatic nitrogens is 1. The predicted octanol–water partition coefficient (Wildman–Crippen LogP) is 5.96. The number of thiophene rings is 1. The third-order valence-electron chi connectivity index (χ3n) is 4.97. The number of rotatable bonds is 6. The highest BCUT2D eigenvalue weighted by Gasteiger charge is 2.17. The zero-order chi connectivity index (χ0) is 20.2. The minimum Gasteiger partial charge on any atom is -0.370 e. The van der Waals surface area contributed by atoms with E-state index in [0.717, 1.165) is 20.7 Å². The molecule has 0 fully saturated rings. The Morgan fingerprint density at radius 2 is 1.52 bits per heavy atom. The van der Waals surface area contributed by atoms with Crippen LogP contribution in [0.4, 0.5) is 5.00 Å². The van der Waals surface area contributed by atoms with Gasteiger partial charge in [0.2, 0.25) is 0 Å². The second-order valence-corrected chi connectivity index (χ2v) is 8.15. The number of hydrogen-bond acceptors (Lipinski definition) is 4. The van der Waals surface area contributed by atoms with Crippen molar-refractivity contribution in [2.75, 3.05) is 5.32 Å². The molecule has 0 spiro atoms. The van der Waals surface area contributed by atoms with E-state index >= 15 is 0 Å². The lowest BCUT2D eigenvalue weighted by molar-refractivity contribution is 0.0937. The maximum atomic E-state index is 12.9. The average Bonchev–Trinajstić information content (AvgIpc) is 3.17. The van der Waals surface area contributed by atoms with Gasteiger partial charge in [0.15, 0.2) is 0 Å². The minimum absolute atomic E-state index is 0.0879. The number of amides is 1. The van der Waals surface area contributed by atoms with Crippen molar-refractivity contribution in [2.45, 2.75) is 25.9 Å². The van der Waals surface area contributed by atoms with E-state index in [2.05, 4.69) is 34.7 Å². The summed E-state index contributed by atoms with van der Waals surface area (Å²) >= 11 is 1.64. The first kappa shape index (κ1) is 19.2. The summed E-state index contributed by atoms with van der Waals surface area (Å²) in [5, 5.41) is 8.50. The number of pyridine rings is 1. The quantitative estimate of drug-likeness (QED) is 0.419. The first-order valence-electron chi connectivity index (χ1n) is 9.67. The molecule has 0 aliphatic heterocycles. The molecule has 146 valence electrons. The van der Waals surface area contributed by atoms with Crippen LogP contribution in [0.25, 0.3) is 10.1 Å². The summed E-state index contributed by atoms with van der Waals surface area (Å²) in [4.78, 5) is 17.3. The van der Waals surface area contributed by atoms with Gasteiger partial charge in [-0.2, -0.15) is 0 Å². The number of nitrogens with one attached hydrogen (secondary N) is 2. The van der Waals surface area contributed by atoms with Crippen LogP contribution in [0.15, 0.2) is 79.0 Å². The molecule has 0 saturated carbocycles. The number of anilines is 1. The van der Waals surface area contributed by atoms with Crippen LogP contribution in [0.5, 0.6) is 0 Å². The summed E-state index contributed by atoms with van der Waals surface area (Å²) in [6.45, 7) is 4.11. The van der Waals surface area contributed by atoms with Gasteiger partial charge in [0.25, 0.3) is 5.91 Å². The highest BCUT2D eigenvalue weighted by Crippen LogP contribution is 2.33. The Morgan fingerprint density at radius 3 is 2.17 bits per heavy atom. The van der Waals surface area contributed by atoms with E-state index in [1.165, 1.54) is 5.56 Å². The van der Waals surface area contributed by atoms with Crippen LogP contribution < -0.4 is 10.6 Å². The molecule has 0 radical (unpaired) electrons. The molecule has 0 bridgehead atoms. The fourth-order valence-electron chi connectivity index (χ4n) is 3.34. The van der Waals surface area contributed by atoms with Crippen molar-refractivity contribution in [1.82, 2.24) is 10.3 Å². The van der Waals surface area contributed by atoms with E-state index in [4.69, 9.17) is 0 Å². The normalized spacial score (nSPS) is 13.0. The molecule has 5 heteroatoms. The summed E-state index contributed by atoms with van der Waals surface area (Å²) in [7, 11) is 0. The number of fused-ring (bicyclic) bond motifs is 1. The van der Waals surface area contributed by atoms with Gasteiger partial charge in [-0.1, -0.05) is 60.7 Å². The lowest BCUT2D eigenvalue weighted by Gasteiger charge is -2.14. The van der Waals surface area contributed by atoms with Crippen LogP contribution in [0, 0.1) is 0 Å². The fraction of sp³-hybridized carbons (Fsp3) is 0.167. The summed E-state index contributed by atoms with van der Waals surface area (Å²) in [5.41, 5.74) is 2.75. The van der Waals surface area contributed by atoms with E-state index < -0.39 is 0 Å². The van der Waals surface area contributed by atoms with Crippen molar-refractivity contribution in [3.05, 3.63) is 95.8 Å². The lowest BCUT2D eigenvalue weighted by atomic mass is 10.1. The molecule has 2 heterocycles. The summed E-state index contributed by atoms with van der Waals surface area (Å²) in [6, 6.07) is 24.3. The van der Waals surface area contributed by atoms with Crippen LogP contribution in [0.3, 0.4) is 0 Å². The molecule has 1 amide bonds. The topological polar surface area (TPSA) is 54.0 Å². The van der Waals surface area contributed by atoms with Crippen LogP contribution in [0.1, 0.15) is 47.5 Å². The molecule has 4 aromatic rings. The molecule has 2 N–H and O–H groups in total. The maximum absolute atomic E-state index is 12.9. The Balaban J connectivity index is 1.55. The maximum Gasteiger partial charge on any atom is 0.271 e. The molecule has 0 aliphatic carbocycles. The zero-order valence-electron chi connectivity index (χ0n) is 16.4. The molecule has 4 nitrogen and oxygen atoms in total. The van der Waals surface area contributed by atoms with Crippen molar-refractivity contribution in [3.8, 4) is 0 Å². The molecule has 2 aromatic heterocycles. The third-order valence-corrected chi connectivity index (χ3v) is 6.00. The van der Waals surface area contributed by atoms with E-state index in [1.54, 1.807) is 17.5 Å². The molecule has 0 saturated heterocycles. The molecular formula is C24H23N3OS. The van der Waals surface area contributed by atoms with Crippen molar-refractivity contribution < 1.29 is 4.79 Å². The number of carbonyl (C=O) groups is 1. The molecule has 4 rings (SSSR count). The van der Waals surface area contributed by atoms with Crippen molar-refractivity contribution in [2.24, 2.45) is 0 Å². The SMILES string of the molecule is C[C@H](NC(=O)c1nccc2sc(N[C@@H](C)c3ccccc3)cc12)c1ccccc1. The van der Waals surface area contributed by atoms with Crippen molar-refractivity contribution in [1.29, 1.82) is 0 Å². The highest BCUT2D eigenvalue weighted by atomic mass is 32.1. The highest BCUT2D eigenvalue weighted by molar-refractivity contribution is 7.22. The van der Waals surface area contributed by atoms with Gasteiger partial charge in [0.05, 0.1) is 11.0 Å². The summed E-state index contributed by atoms with van der Waals surface area (Å²) < 4.78 is 1.04. The molecule has 29 heavy (non-hydrogen) atoms. The second-order valence-electron chi connectivity index (χ2n) is 7.06. The van der Waals surface area contributed by atoms with E-state index in [-0.39, 0.29) is 18.0 Å². The molecular weight excluding hydrogens is 378 g/mol. The van der Waals surface area contributed by atoms with Crippen LogP contribution in [-0.4, -0.2) is 10.9 Å². The number of benzene rings is 2. The van der Waals surface area contributed by atoms with Gasteiger partial charge in [0, 0.05) is 22.3 Å². The van der Waals surface area contributed by atoms with Gasteiger partial charge in [-0.15, -0.1) is 11.3 Å². The van der Waals surface area contributed by atoms with Gasteiger partial charge in [-0.05, 0) is 37.1 Å². The largest absolute Gasteiger partial charge is 0.370 e. The first-order valence-corrected chi connectivity index (χ1v) is 10.5. The second kappa shape index (κ2) is 8.45. The predicted molar refractivity (Wildman–Crippen MR) is 120 cm³/mol. The Morgan fingerprint density at radius 1 is 0.897 bits per heavy atom. The van der Waals surface area contributed by atoms with E-state index in [9.17, 15) is 4.79 Å². The van der Waals surface area contributed by atoms with Gasteiger partial charge in [-0.3, -0.25) is 9.78 Å².